The number of phenols is 1. The second-order valence-electron chi connectivity index (χ2n) is 8.61. The molecule has 0 aliphatic carbocycles. The fraction of sp³-hybridized carbons (Fsp3) is 0.455. The molecule has 1 heteroatoms. The Bertz CT molecular complexity index is 683. The van der Waals surface area contributed by atoms with Gasteiger partial charge in [0.05, 0.1) is 0 Å². The maximum absolute atomic E-state index is 11.0. The molecule has 2 aromatic carbocycles. The average molecular weight is 310 g/mol. The van der Waals surface area contributed by atoms with Crippen molar-refractivity contribution in [1.82, 2.24) is 0 Å². The van der Waals surface area contributed by atoms with E-state index < -0.39 is 0 Å². The lowest BCUT2D eigenvalue weighted by Crippen LogP contribution is -2.20. The van der Waals surface area contributed by atoms with Gasteiger partial charge in [0.25, 0.3) is 0 Å². The summed E-state index contributed by atoms with van der Waals surface area (Å²) in [5.74, 6) is 0.474. The zero-order valence-corrected chi connectivity index (χ0v) is 15.6. The largest absolute Gasteiger partial charge is 0.507 e. The van der Waals surface area contributed by atoms with E-state index in [1.807, 2.05) is 6.07 Å². The van der Waals surface area contributed by atoms with Crippen LogP contribution in [0.25, 0.3) is 0 Å². The Labute approximate surface area is 141 Å². The van der Waals surface area contributed by atoms with Gasteiger partial charge in [-0.3, -0.25) is 0 Å². The van der Waals surface area contributed by atoms with E-state index in [-0.39, 0.29) is 10.8 Å². The minimum absolute atomic E-state index is 0.0693. The summed E-state index contributed by atoms with van der Waals surface area (Å²) in [5, 5.41) is 11.0. The van der Waals surface area contributed by atoms with Crippen molar-refractivity contribution in [1.29, 1.82) is 0 Å². The van der Waals surface area contributed by atoms with Crippen molar-refractivity contribution < 1.29 is 5.11 Å². The third-order valence-electron chi connectivity index (χ3n) is 4.41. The Hall–Kier alpha value is -1.76. The molecule has 2 aromatic rings. The van der Waals surface area contributed by atoms with Gasteiger partial charge in [0.15, 0.2) is 0 Å². The van der Waals surface area contributed by atoms with Crippen LogP contribution in [0.5, 0.6) is 5.75 Å². The van der Waals surface area contributed by atoms with Gasteiger partial charge in [-0.15, -0.1) is 0 Å². The van der Waals surface area contributed by atoms with Crippen molar-refractivity contribution in [3.05, 3.63) is 64.2 Å². The Kier molecular flexibility index (Phi) is 4.61. The van der Waals surface area contributed by atoms with Crippen LogP contribution in [0.2, 0.25) is 0 Å². The highest BCUT2D eigenvalue weighted by molar-refractivity contribution is 5.56. The average Bonchev–Trinajstić information content (AvgIpc) is 2.41. The topological polar surface area (TPSA) is 20.2 Å². The van der Waals surface area contributed by atoms with Crippen LogP contribution in [0.1, 0.15) is 69.4 Å². The van der Waals surface area contributed by atoms with Gasteiger partial charge in [0.2, 0.25) is 0 Å². The number of benzene rings is 2. The van der Waals surface area contributed by atoms with E-state index in [1.54, 1.807) is 0 Å². The molecule has 0 saturated carbocycles. The number of aromatic hydroxyl groups is 1. The first-order chi connectivity index (χ1) is 10.5. The Morgan fingerprint density at radius 3 is 1.91 bits per heavy atom. The number of aryl methyl sites for hydroxylation is 1. The summed E-state index contributed by atoms with van der Waals surface area (Å²) < 4.78 is 0. The van der Waals surface area contributed by atoms with Crippen LogP contribution >= 0.6 is 0 Å². The Morgan fingerprint density at radius 2 is 1.43 bits per heavy atom. The van der Waals surface area contributed by atoms with Crippen LogP contribution in [0.3, 0.4) is 0 Å². The number of hydrogen-bond acceptors (Lipinski definition) is 1. The quantitative estimate of drug-likeness (QED) is 0.733. The van der Waals surface area contributed by atoms with Gasteiger partial charge in [-0.05, 0) is 46.4 Å². The summed E-state index contributed by atoms with van der Waals surface area (Å²) in [6.07, 6.45) is 0.858. The molecule has 0 aliphatic rings. The number of hydrogen-bond donors (Lipinski definition) is 1. The van der Waals surface area contributed by atoms with E-state index in [0.717, 1.165) is 17.5 Å². The van der Waals surface area contributed by atoms with E-state index in [4.69, 9.17) is 0 Å². The molecule has 0 radical (unpaired) electrons. The van der Waals surface area contributed by atoms with Crippen molar-refractivity contribution >= 4 is 0 Å². The molecule has 124 valence electrons. The van der Waals surface area contributed by atoms with Crippen LogP contribution in [0.15, 0.2) is 36.4 Å². The lowest BCUT2D eigenvalue weighted by Gasteiger charge is -2.31. The fourth-order valence-corrected chi connectivity index (χ4v) is 3.25. The molecule has 2 rings (SSSR count). The minimum Gasteiger partial charge on any atom is -0.507 e. The molecule has 0 bridgehead atoms. The molecule has 0 unspecified atom stereocenters. The third-order valence-corrected chi connectivity index (χ3v) is 4.41. The Morgan fingerprint density at radius 1 is 0.870 bits per heavy atom. The number of rotatable bonds is 2. The predicted molar refractivity (Wildman–Crippen MR) is 99.5 cm³/mol. The maximum Gasteiger partial charge on any atom is 0.123 e. The molecule has 23 heavy (non-hydrogen) atoms. The van der Waals surface area contributed by atoms with Crippen molar-refractivity contribution in [2.45, 2.75) is 65.7 Å². The van der Waals surface area contributed by atoms with Gasteiger partial charge in [0.1, 0.15) is 5.75 Å². The van der Waals surface area contributed by atoms with Crippen molar-refractivity contribution in [2.24, 2.45) is 0 Å². The van der Waals surface area contributed by atoms with Crippen molar-refractivity contribution in [3.8, 4) is 5.75 Å². The zero-order chi connectivity index (χ0) is 17.4. The fourth-order valence-electron chi connectivity index (χ4n) is 3.25. The normalized spacial score (nSPS) is 12.5. The molecule has 0 saturated heterocycles. The second-order valence-corrected chi connectivity index (χ2v) is 8.61. The standard InChI is InChI=1S/C22H30O/c1-15-13-18(21(2,3)4)20(23)19(22(5,6)7)17(15)14-16-11-9-8-10-12-16/h8-13,23H,14H2,1-7H3. The van der Waals surface area contributed by atoms with E-state index in [2.05, 4.69) is 78.8 Å². The SMILES string of the molecule is Cc1cc(C(C)(C)C)c(O)c(C(C)(C)C)c1Cc1ccccc1. The molecular weight excluding hydrogens is 280 g/mol. The molecular formula is C22H30O. The summed E-state index contributed by atoms with van der Waals surface area (Å²) in [4.78, 5) is 0. The van der Waals surface area contributed by atoms with Crippen LogP contribution in [0.4, 0.5) is 0 Å². The summed E-state index contributed by atoms with van der Waals surface area (Å²) in [6.45, 7) is 15.2. The summed E-state index contributed by atoms with van der Waals surface area (Å²) in [6, 6.07) is 12.7. The molecule has 1 nitrogen and oxygen atoms in total. The molecule has 0 spiro atoms. The van der Waals surface area contributed by atoms with Crippen LogP contribution in [-0.2, 0) is 17.3 Å². The first-order valence-corrected chi connectivity index (χ1v) is 8.42. The second kappa shape index (κ2) is 6.03. The van der Waals surface area contributed by atoms with Crippen molar-refractivity contribution in [2.75, 3.05) is 0 Å². The van der Waals surface area contributed by atoms with Gasteiger partial charge < -0.3 is 5.11 Å². The van der Waals surface area contributed by atoms with Gasteiger partial charge in [-0.1, -0.05) is 77.9 Å². The summed E-state index contributed by atoms with van der Waals surface area (Å²) in [7, 11) is 0. The van der Waals surface area contributed by atoms with E-state index in [1.165, 1.54) is 16.7 Å². The van der Waals surface area contributed by atoms with E-state index in [0.29, 0.717) is 5.75 Å². The third kappa shape index (κ3) is 3.77. The highest BCUT2D eigenvalue weighted by Gasteiger charge is 2.29. The molecule has 0 heterocycles. The highest BCUT2D eigenvalue weighted by Crippen LogP contribution is 2.43. The summed E-state index contributed by atoms with van der Waals surface area (Å²) in [5.41, 5.74) is 5.77. The molecule has 0 fully saturated rings. The van der Waals surface area contributed by atoms with Crippen LogP contribution in [0, 0.1) is 6.92 Å². The molecule has 0 amide bonds. The molecule has 0 aliphatic heterocycles. The lowest BCUT2D eigenvalue weighted by molar-refractivity contribution is 0.421. The molecule has 1 N–H and O–H groups in total. The highest BCUT2D eigenvalue weighted by atomic mass is 16.3. The number of phenolic OH excluding ortho intramolecular Hbond substituents is 1. The van der Waals surface area contributed by atoms with E-state index >= 15 is 0 Å². The van der Waals surface area contributed by atoms with Gasteiger partial charge in [0, 0.05) is 5.56 Å². The minimum atomic E-state index is -0.0970. The summed E-state index contributed by atoms with van der Waals surface area (Å²) >= 11 is 0. The van der Waals surface area contributed by atoms with Gasteiger partial charge in [-0.25, -0.2) is 0 Å². The molecule has 0 atom stereocenters. The van der Waals surface area contributed by atoms with Gasteiger partial charge >= 0.3 is 0 Å². The van der Waals surface area contributed by atoms with E-state index in [9.17, 15) is 5.11 Å². The van der Waals surface area contributed by atoms with Gasteiger partial charge in [-0.2, -0.15) is 0 Å². The lowest BCUT2D eigenvalue weighted by atomic mass is 9.75. The predicted octanol–water partition coefficient (Wildman–Crippen LogP) is 5.89. The molecule has 0 aromatic heterocycles. The first kappa shape index (κ1) is 17.6. The van der Waals surface area contributed by atoms with Crippen LogP contribution in [-0.4, -0.2) is 5.11 Å². The maximum atomic E-state index is 11.0. The zero-order valence-electron chi connectivity index (χ0n) is 15.6. The van der Waals surface area contributed by atoms with Crippen LogP contribution < -0.4 is 0 Å². The monoisotopic (exact) mass is 310 g/mol. The first-order valence-electron chi connectivity index (χ1n) is 8.42. The smallest absolute Gasteiger partial charge is 0.123 e. The van der Waals surface area contributed by atoms with Crippen molar-refractivity contribution in [3.63, 3.8) is 0 Å². The Balaban J connectivity index is 2.69.